The first-order chi connectivity index (χ1) is 8.16. The van der Waals surface area contributed by atoms with Crippen LogP contribution < -0.4 is 11.1 Å². The molecule has 1 aromatic rings. The lowest BCUT2D eigenvalue weighted by Crippen LogP contribution is -2.37. The summed E-state index contributed by atoms with van der Waals surface area (Å²) in [5.74, 6) is 0.548. The zero-order valence-corrected chi connectivity index (χ0v) is 10.2. The number of nitrogens with two attached hydrogens (primary N) is 1. The Hall–Kier alpha value is -1.36. The number of carbonyl (C=O) groups excluding carboxylic acids is 1. The number of carbonyl (C=O) groups is 1. The fourth-order valence-corrected chi connectivity index (χ4v) is 2.36. The topological polar surface area (TPSA) is 72.9 Å². The third-order valence-electron chi connectivity index (χ3n) is 3.37. The zero-order chi connectivity index (χ0) is 12.3. The second kappa shape index (κ2) is 5.31. The van der Waals surface area contributed by atoms with Crippen molar-refractivity contribution in [2.24, 2.45) is 18.7 Å². The minimum absolute atomic E-state index is 0.0121. The molecular weight excluding hydrogens is 216 g/mol. The van der Waals surface area contributed by atoms with E-state index in [4.69, 9.17) is 5.73 Å². The lowest BCUT2D eigenvalue weighted by molar-refractivity contribution is -0.120. The Morgan fingerprint density at radius 3 is 2.94 bits per heavy atom. The number of aryl methyl sites for hydroxylation is 1. The SMILES string of the molecule is Cn1ccc(NC(=O)C2CCCCCC2N)n1. The maximum absolute atomic E-state index is 12.1. The highest BCUT2D eigenvalue weighted by Crippen LogP contribution is 2.23. The van der Waals surface area contributed by atoms with E-state index in [0.717, 1.165) is 25.7 Å². The van der Waals surface area contributed by atoms with Gasteiger partial charge in [-0.25, -0.2) is 0 Å². The number of nitrogens with zero attached hydrogens (tertiary/aromatic N) is 2. The Labute approximate surface area is 101 Å². The summed E-state index contributed by atoms with van der Waals surface area (Å²) in [6.45, 7) is 0. The average Bonchev–Trinajstić information content (AvgIpc) is 2.57. The molecule has 1 fully saturated rings. The van der Waals surface area contributed by atoms with Gasteiger partial charge in [-0.15, -0.1) is 0 Å². The van der Waals surface area contributed by atoms with Crippen molar-refractivity contribution in [1.29, 1.82) is 0 Å². The van der Waals surface area contributed by atoms with Crippen molar-refractivity contribution in [3.8, 4) is 0 Å². The summed E-state index contributed by atoms with van der Waals surface area (Å²) < 4.78 is 1.67. The van der Waals surface area contributed by atoms with Gasteiger partial charge in [0.1, 0.15) is 0 Å². The zero-order valence-electron chi connectivity index (χ0n) is 10.2. The number of amides is 1. The van der Waals surface area contributed by atoms with Crippen molar-refractivity contribution in [1.82, 2.24) is 9.78 Å². The minimum Gasteiger partial charge on any atom is -0.327 e. The maximum Gasteiger partial charge on any atom is 0.230 e. The van der Waals surface area contributed by atoms with Gasteiger partial charge in [-0.3, -0.25) is 9.48 Å². The molecule has 5 nitrogen and oxygen atoms in total. The molecule has 1 amide bonds. The monoisotopic (exact) mass is 236 g/mol. The van der Waals surface area contributed by atoms with Crippen molar-refractivity contribution >= 4 is 11.7 Å². The van der Waals surface area contributed by atoms with Gasteiger partial charge < -0.3 is 11.1 Å². The van der Waals surface area contributed by atoms with Gasteiger partial charge in [-0.05, 0) is 12.8 Å². The molecule has 1 aromatic heterocycles. The summed E-state index contributed by atoms with van der Waals surface area (Å²) in [6, 6.07) is 1.78. The summed E-state index contributed by atoms with van der Waals surface area (Å²) in [7, 11) is 1.83. The van der Waals surface area contributed by atoms with Gasteiger partial charge in [0.25, 0.3) is 0 Å². The van der Waals surface area contributed by atoms with Crippen molar-refractivity contribution in [3.05, 3.63) is 12.3 Å². The van der Waals surface area contributed by atoms with Crippen LogP contribution in [0.1, 0.15) is 32.1 Å². The molecule has 0 aromatic carbocycles. The van der Waals surface area contributed by atoms with Crippen molar-refractivity contribution < 1.29 is 4.79 Å². The Kier molecular flexibility index (Phi) is 3.78. The lowest BCUT2D eigenvalue weighted by Gasteiger charge is -2.19. The van der Waals surface area contributed by atoms with Crippen molar-refractivity contribution in [3.63, 3.8) is 0 Å². The number of hydrogen-bond acceptors (Lipinski definition) is 3. The van der Waals surface area contributed by atoms with E-state index in [0.29, 0.717) is 5.82 Å². The van der Waals surface area contributed by atoms with Gasteiger partial charge in [0.15, 0.2) is 5.82 Å². The largest absolute Gasteiger partial charge is 0.327 e. The molecule has 1 heterocycles. The van der Waals surface area contributed by atoms with E-state index in [1.807, 2.05) is 13.2 Å². The van der Waals surface area contributed by atoms with Gasteiger partial charge in [0.05, 0.1) is 5.92 Å². The van der Waals surface area contributed by atoms with E-state index in [2.05, 4.69) is 10.4 Å². The highest BCUT2D eigenvalue weighted by Gasteiger charge is 2.27. The van der Waals surface area contributed by atoms with Crippen LogP contribution in [-0.4, -0.2) is 21.7 Å². The van der Waals surface area contributed by atoms with E-state index in [-0.39, 0.29) is 17.9 Å². The van der Waals surface area contributed by atoms with E-state index >= 15 is 0 Å². The third kappa shape index (κ3) is 3.06. The van der Waals surface area contributed by atoms with Crippen LogP contribution in [0.5, 0.6) is 0 Å². The van der Waals surface area contributed by atoms with Crippen LogP contribution in [0, 0.1) is 5.92 Å². The van der Waals surface area contributed by atoms with Gasteiger partial charge in [0.2, 0.25) is 5.91 Å². The predicted octanol–water partition coefficient (Wildman–Crippen LogP) is 1.27. The summed E-state index contributed by atoms with van der Waals surface area (Å²) in [6.07, 6.45) is 7.05. The summed E-state index contributed by atoms with van der Waals surface area (Å²) in [4.78, 5) is 12.1. The highest BCUT2D eigenvalue weighted by molar-refractivity contribution is 5.92. The number of aromatic nitrogens is 2. The smallest absolute Gasteiger partial charge is 0.230 e. The number of rotatable bonds is 2. The third-order valence-corrected chi connectivity index (χ3v) is 3.37. The molecule has 17 heavy (non-hydrogen) atoms. The molecule has 2 unspecified atom stereocenters. The van der Waals surface area contributed by atoms with Crippen LogP contribution in [-0.2, 0) is 11.8 Å². The van der Waals surface area contributed by atoms with Crippen LogP contribution in [0.3, 0.4) is 0 Å². The van der Waals surface area contributed by atoms with Crippen LogP contribution >= 0.6 is 0 Å². The molecule has 94 valence electrons. The first-order valence-corrected chi connectivity index (χ1v) is 6.23. The second-order valence-electron chi connectivity index (χ2n) is 4.77. The minimum atomic E-state index is -0.0699. The molecule has 0 saturated heterocycles. The van der Waals surface area contributed by atoms with Crippen LogP contribution in [0.15, 0.2) is 12.3 Å². The summed E-state index contributed by atoms with van der Waals surface area (Å²) in [5.41, 5.74) is 6.05. The van der Waals surface area contributed by atoms with E-state index in [9.17, 15) is 4.79 Å². The molecule has 0 bridgehead atoms. The second-order valence-corrected chi connectivity index (χ2v) is 4.77. The molecule has 0 radical (unpaired) electrons. The fourth-order valence-electron chi connectivity index (χ4n) is 2.36. The average molecular weight is 236 g/mol. The summed E-state index contributed by atoms with van der Waals surface area (Å²) >= 11 is 0. The first-order valence-electron chi connectivity index (χ1n) is 6.23. The standard InChI is InChI=1S/C12H20N4O/c1-16-8-7-11(15-16)14-12(17)9-5-3-2-4-6-10(9)13/h7-10H,2-6,13H2,1H3,(H,14,15,17). The lowest BCUT2D eigenvalue weighted by atomic mass is 9.95. The maximum atomic E-state index is 12.1. The predicted molar refractivity (Wildman–Crippen MR) is 66.4 cm³/mol. The Morgan fingerprint density at radius 2 is 2.24 bits per heavy atom. The van der Waals surface area contributed by atoms with Crippen molar-refractivity contribution in [2.45, 2.75) is 38.1 Å². The van der Waals surface area contributed by atoms with Crippen molar-refractivity contribution in [2.75, 3.05) is 5.32 Å². The molecule has 1 aliphatic carbocycles. The molecular formula is C12H20N4O. The molecule has 1 saturated carbocycles. The Balaban J connectivity index is 1.98. The normalized spacial score (nSPS) is 25.3. The molecule has 0 spiro atoms. The molecule has 2 rings (SSSR count). The van der Waals surface area contributed by atoms with E-state index in [1.54, 1.807) is 10.7 Å². The van der Waals surface area contributed by atoms with Crippen LogP contribution in [0.25, 0.3) is 0 Å². The summed E-state index contributed by atoms with van der Waals surface area (Å²) in [5, 5.41) is 6.98. The Bertz CT molecular complexity index is 388. The van der Waals surface area contributed by atoms with Gasteiger partial charge >= 0.3 is 0 Å². The highest BCUT2D eigenvalue weighted by atomic mass is 16.2. The van der Waals surface area contributed by atoms with E-state index < -0.39 is 0 Å². The fraction of sp³-hybridized carbons (Fsp3) is 0.667. The van der Waals surface area contributed by atoms with Gasteiger partial charge in [0, 0.05) is 25.4 Å². The van der Waals surface area contributed by atoms with Gasteiger partial charge in [-0.2, -0.15) is 5.10 Å². The Morgan fingerprint density at radius 1 is 1.47 bits per heavy atom. The molecule has 0 aliphatic heterocycles. The van der Waals surface area contributed by atoms with E-state index in [1.165, 1.54) is 6.42 Å². The molecule has 3 N–H and O–H groups in total. The van der Waals surface area contributed by atoms with Crippen LogP contribution in [0.4, 0.5) is 5.82 Å². The molecule has 5 heteroatoms. The molecule has 1 aliphatic rings. The number of hydrogen-bond donors (Lipinski definition) is 2. The first kappa shape index (κ1) is 12.1. The number of nitrogens with one attached hydrogen (secondary N) is 1. The number of anilines is 1. The molecule has 2 atom stereocenters. The quantitative estimate of drug-likeness (QED) is 0.759. The van der Waals surface area contributed by atoms with Gasteiger partial charge in [-0.1, -0.05) is 19.3 Å². The van der Waals surface area contributed by atoms with Crippen LogP contribution in [0.2, 0.25) is 0 Å².